The van der Waals surface area contributed by atoms with Crippen LogP contribution in [0.4, 0.5) is 0 Å². The van der Waals surface area contributed by atoms with Crippen LogP contribution in [0.25, 0.3) is 0 Å². The highest BCUT2D eigenvalue weighted by Crippen LogP contribution is 2.18. The van der Waals surface area contributed by atoms with Gasteiger partial charge in [-0.05, 0) is 33.6 Å². The van der Waals surface area contributed by atoms with E-state index >= 15 is 0 Å². The molecule has 0 spiro atoms. The minimum atomic E-state index is -3.34. The summed E-state index contributed by atoms with van der Waals surface area (Å²) in [5.74, 6) is 1.12. The Kier molecular flexibility index (Phi) is 4.27. The van der Waals surface area contributed by atoms with E-state index in [-0.39, 0.29) is 6.54 Å². The summed E-state index contributed by atoms with van der Waals surface area (Å²) >= 11 is 0. The summed E-state index contributed by atoms with van der Waals surface area (Å²) < 4.78 is 31.9. The molecule has 1 fully saturated rings. The Morgan fingerprint density at radius 1 is 1.42 bits per heavy atom. The van der Waals surface area contributed by atoms with Gasteiger partial charge in [0.15, 0.2) is 0 Å². The minimum Gasteiger partial charge on any atom is -0.444 e. The Morgan fingerprint density at radius 2 is 2.11 bits per heavy atom. The third-order valence-electron chi connectivity index (χ3n) is 3.30. The van der Waals surface area contributed by atoms with Crippen LogP contribution in [0.15, 0.2) is 4.42 Å². The van der Waals surface area contributed by atoms with Crippen LogP contribution in [0.5, 0.6) is 0 Å². The maximum Gasteiger partial charge on any atom is 0.215 e. The molecule has 1 aromatic rings. The van der Waals surface area contributed by atoms with E-state index in [1.165, 1.54) is 0 Å². The molecule has 1 aromatic heterocycles. The summed E-state index contributed by atoms with van der Waals surface area (Å²) in [6, 6.07) is 0.509. The Bertz CT molecular complexity index is 515. The van der Waals surface area contributed by atoms with Gasteiger partial charge in [-0.25, -0.2) is 18.1 Å². The molecule has 1 saturated carbocycles. The molecule has 1 aliphatic rings. The fraction of sp³-hybridized carbons (Fsp3) is 0.750. The number of nitrogens with one attached hydrogen (secondary N) is 2. The van der Waals surface area contributed by atoms with Crippen LogP contribution < -0.4 is 10.0 Å². The van der Waals surface area contributed by atoms with Crippen LogP contribution in [0.2, 0.25) is 0 Å². The van der Waals surface area contributed by atoms with Crippen molar-refractivity contribution >= 4 is 10.0 Å². The summed E-state index contributed by atoms with van der Waals surface area (Å²) in [6.45, 7) is 5.92. The first-order valence-corrected chi connectivity index (χ1v) is 8.08. The smallest absolute Gasteiger partial charge is 0.215 e. The van der Waals surface area contributed by atoms with Crippen molar-refractivity contribution in [2.45, 2.75) is 51.4 Å². The zero-order valence-electron chi connectivity index (χ0n) is 11.6. The van der Waals surface area contributed by atoms with Crippen molar-refractivity contribution in [2.75, 3.05) is 6.54 Å². The topological polar surface area (TPSA) is 84.2 Å². The maximum atomic E-state index is 12.0. The monoisotopic (exact) mass is 287 g/mol. The number of aryl methyl sites for hydroxylation is 2. The molecule has 0 radical (unpaired) electrons. The SMILES string of the molecule is Cc1nc(CNS(=O)(=O)C(C)CNC2CC2)oc1C. The van der Waals surface area contributed by atoms with Gasteiger partial charge < -0.3 is 9.73 Å². The highest BCUT2D eigenvalue weighted by atomic mass is 32.2. The summed E-state index contributed by atoms with van der Waals surface area (Å²) in [5, 5.41) is 2.75. The molecule has 0 amide bonds. The van der Waals surface area contributed by atoms with E-state index in [9.17, 15) is 8.42 Å². The first kappa shape index (κ1) is 14.5. The molecule has 0 saturated heterocycles. The van der Waals surface area contributed by atoms with E-state index in [1.807, 2.05) is 13.8 Å². The molecule has 1 heterocycles. The van der Waals surface area contributed by atoms with Gasteiger partial charge in [-0.2, -0.15) is 0 Å². The van der Waals surface area contributed by atoms with Gasteiger partial charge in [0.2, 0.25) is 15.9 Å². The number of hydrogen-bond acceptors (Lipinski definition) is 5. The van der Waals surface area contributed by atoms with Crippen molar-refractivity contribution in [1.82, 2.24) is 15.0 Å². The third-order valence-corrected chi connectivity index (χ3v) is 5.07. The second kappa shape index (κ2) is 5.60. The summed E-state index contributed by atoms with van der Waals surface area (Å²) in [7, 11) is -3.34. The van der Waals surface area contributed by atoms with E-state index in [4.69, 9.17) is 4.42 Å². The summed E-state index contributed by atoms with van der Waals surface area (Å²) in [6.07, 6.45) is 2.30. The molecule has 1 atom stereocenters. The zero-order chi connectivity index (χ0) is 14.0. The quantitative estimate of drug-likeness (QED) is 0.776. The largest absolute Gasteiger partial charge is 0.444 e. The molecular weight excluding hydrogens is 266 g/mol. The van der Waals surface area contributed by atoms with Gasteiger partial charge in [-0.1, -0.05) is 0 Å². The maximum absolute atomic E-state index is 12.0. The lowest BCUT2D eigenvalue weighted by molar-refractivity contribution is 0.461. The second-order valence-electron chi connectivity index (χ2n) is 5.11. The molecule has 2 rings (SSSR count). The van der Waals surface area contributed by atoms with Crippen molar-refractivity contribution in [2.24, 2.45) is 0 Å². The molecule has 0 bridgehead atoms. The number of oxazole rings is 1. The van der Waals surface area contributed by atoms with Gasteiger partial charge in [0.05, 0.1) is 17.5 Å². The van der Waals surface area contributed by atoms with Crippen molar-refractivity contribution in [3.8, 4) is 0 Å². The molecule has 1 aliphatic carbocycles. The first-order valence-electron chi connectivity index (χ1n) is 6.53. The van der Waals surface area contributed by atoms with E-state index < -0.39 is 15.3 Å². The fourth-order valence-electron chi connectivity index (χ4n) is 1.65. The molecule has 1 unspecified atom stereocenters. The molecule has 0 aliphatic heterocycles. The fourth-order valence-corrected chi connectivity index (χ4v) is 2.57. The number of rotatable bonds is 7. The van der Waals surface area contributed by atoms with Crippen molar-refractivity contribution in [3.05, 3.63) is 17.3 Å². The lowest BCUT2D eigenvalue weighted by atomic mass is 10.4. The van der Waals surface area contributed by atoms with Gasteiger partial charge in [0.25, 0.3) is 0 Å². The Hall–Kier alpha value is -0.920. The average Bonchev–Trinajstić information content (AvgIpc) is 3.11. The van der Waals surface area contributed by atoms with Crippen LogP contribution in [-0.4, -0.2) is 31.2 Å². The highest BCUT2D eigenvalue weighted by molar-refractivity contribution is 7.90. The lowest BCUT2D eigenvalue weighted by Crippen LogP contribution is -2.39. The van der Waals surface area contributed by atoms with Crippen LogP contribution in [0, 0.1) is 13.8 Å². The van der Waals surface area contributed by atoms with Crippen molar-refractivity contribution in [1.29, 1.82) is 0 Å². The van der Waals surface area contributed by atoms with Crippen molar-refractivity contribution < 1.29 is 12.8 Å². The van der Waals surface area contributed by atoms with Gasteiger partial charge >= 0.3 is 0 Å². The van der Waals surface area contributed by atoms with E-state index in [2.05, 4.69) is 15.0 Å². The molecule has 0 aromatic carbocycles. The zero-order valence-corrected chi connectivity index (χ0v) is 12.4. The minimum absolute atomic E-state index is 0.102. The van der Waals surface area contributed by atoms with E-state index in [0.29, 0.717) is 18.5 Å². The standard InChI is InChI=1S/C12H21N3O3S/c1-8(6-13-11-4-5-11)19(16,17)14-7-12-15-9(2)10(3)18-12/h8,11,13-14H,4-7H2,1-3H3. The second-order valence-corrected chi connectivity index (χ2v) is 7.29. The van der Waals surface area contributed by atoms with Crippen LogP contribution in [-0.2, 0) is 16.6 Å². The molecule has 7 heteroatoms. The summed E-state index contributed by atoms with van der Waals surface area (Å²) in [5.41, 5.74) is 0.789. The van der Waals surface area contributed by atoms with Gasteiger partial charge in [0.1, 0.15) is 5.76 Å². The predicted octanol–water partition coefficient (Wildman–Crippen LogP) is 0.851. The molecular formula is C12H21N3O3S. The van der Waals surface area contributed by atoms with E-state index in [0.717, 1.165) is 24.3 Å². The van der Waals surface area contributed by atoms with Crippen LogP contribution in [0.3, 0.4) is 0 Å². The van der Waals surface area contributed by atoms with Crippen LogP contribution in [0.1, 0.15) is 37.1 Å². The highest BCUT2D eigenvalue weighted by Gasteiger charge is 2.25. The number of sulfonamides is 1. The average molecular weight is 287 g/mol. The molecule has 6 nitrogen and oxygen atoms in total. The molecule has 108 valence electrons. The van der Waals surface area contributed by atoms with E-state index in [1.54, 1.807) is 6.92 Å². The van der Waals surface area contributed by atoms with Gasteiger partial charge in [-0.3, -0.25) is 0 Å². The van der Waals surface area contributed by atoms with Crippen LogP contribution >= 0.6 is 0 Å². The lowest BCUT2D eigenvalue weighted by Gasteiger charge is -2.13. The molecule has 19 heavy (non-hydrogen) atoms. The Labute approximate surface area is 114 Å². The Morgan fingerprint density at radius 3 is 2.63 bits per heavy atom. The number of hydrogen-bond donors (Lipinski definition) is 2. The molecule has 2 N–H and O–H groups in total. The normalized spacial score (nSPS) is 17.6. The van der Waals surface area contributed by atoms with Crippen molar-refractivity contribution in [3.63, 3.8) is 0 Å². The Balaban J connectivity index is 1.85. The number of aromatic nitrogens is 1. The third kappa shape index (κ3) is 4.02. The van der Waals surface area contributed by atoms with Gasteiger partial charge in [0, 0.05) is 12.6 Å². The predicted molar refractivity (Wildman–Crippen MR) is 72.2 cm³/mol. The number of nitrogens with zero attached hydrogens (tertiary/aromatic N) is 1. The summed E-state index contributed by atoms with van der Waals surface area (Å²) in [4.78, 5) is 4.15. The first-order chi connectivity index (χ1) is 8.88. The van der Waals surface area contributed by atoms with Gasteiger partial charge in [-0.15, -0.1) is 0 Å².